The molecule has 0 saturated carbocycles. The second kappa shape index (κ2) is 6.00. The van der Waals surface area contributed by atoms with Crippen molar-refractivity contribution in [3.05, 3.63) is 59.4 Å². The van der Waals surface area contributed by atoms with Crippen LogP contribution in [0.4, 0.5) is 5.69 Å². The number of carbonyl (C=O) groups is 1. The number of anilines is 1. The van der Waals surface area contributed by atoms with Gasteiger partial charge in [0.25, 0.3) is 0 Å². The van der Waals surface area contributed by atoms with Gasteiger partial charge in [-0.25, -0.2) is 4.79 Å². The first kappa shape index (κ1) is 13.1. The Morgan fingerprint density at radius 1 is 1.26 bits per heavy atom. The molecule has 0 atom stereocenters. The van der Waals surface area contributed by atoms with Gasteiger partial charge in [-0.3, -0.25) is 4.98 Å². The van der Waals surface area contributed by atoms with Crippen LogP contribution in [0.5, 0.6) is 0 Å². The minimum Gasteiger partial charge on any atom is -0.478 e. The fourth-order valence-corrected chi connectivity index (χ4v) is 1.89. The van der Waals surface area contributed by atoms with E-state index in [1.165, 1.54) is 5.56 Å². The maximum absolute atomic E-state index is 10.8. The van der Waals surface area contributed by atoms with Crippen molar-refractivity contribution in [2.24, 2.45) is 0 Å². The number of aromatic carboxylic acids is 1. The molecule has 0 aliphatic rings. The molecular formula is C15H16N2O2. The number of carboxylic acids is 1. The van der Waals surface area contributed by atoms with Crippen LogP contribution >= 0.6 is 0 Å². The third-order valence-corrected chi connectivity index (χ3v) is 2.95. The summed E-state index contributed by atoms with van der Waals surface area (Å²) in [6, 6.07) is 9.08. The number of aromatic nitrogens is 1. The lowest BCUT2D eigenvalue weighted by molar-refractivity contribution is 0.0697. The highest BCUT2D eigenvalue weighted by molar-refractivity contribution is 5.88. The summed E-state index contributed by atoms with van der Waals surface area (Å²) in [7, 11) is 0. The predicted octanol–water partition coefficient (Wildman–Crippen LogP) is 2.74. The summed E-state index contributed by atoms with van der Waals surface area (Å²) in [6.07, 6.45) is 4.47. The molecule has 0 aliphatic heterocycles. The van der Waals surface area contributed by atoms with Crippen LogP contribution in [0.1, 0.15) is 21.5 Å². The molecule has 1 heterocycles. The number of hydrogen-bond donors (Lipinski definition) is 2. The van der Waals surface area contributed by atoms with Crippen molar-refractivity contribution in [3.8, 4) is 0 Å². The maximum atomic E-state index is 10.8. The first-order valence-electron chi connectivity index (χ1n) is 6.13. The van der Waals surface area contributed by atoms with Gasteiger partial charge in [0, 0.05) is 24.6 Å². The smallest absolute Gasteiger partial charge is 0.335 e. The molecule has 0 radical (unpaired) electrons. The number of nitrogens with one attached hydrogen (secondary N) is 1. The number of pyridine rings is 1. The molecule has 19 heavy (non-hydrogen) atoms. The third kappa shape index (κ3) is 3.55. The highest BCUT2D eigenvalue weighted by Gasteiger charge is 2.05. The first-order chi connectivity index (χ1) is 9.16. The Labute approximate surface area is 112 Å². The molecule has 2 aromatic rings. The van der Waals surface area contributed by atoms with Crippen molar-refractivity contribution < 1.29 is 9.90 Å². The second-order valence-electron chi connectivity index (χ2n) is 4.37. The Morgan fingerprint density at radius 3 is 2.63 bits per heavy atom. The van der Waals surface area contributed by atoms with E-state index in [-0.39, 0.29) is 0 Å². The Kier molecular flexibility index (Phi) is 4.13. The van der Waals surface area contributed by atoms with Gasteiger partial charge < -0.3 is 10.4 Å². The van der Waals surface area contributed by atoms with Gasteiger partial charge in [0.05, 0.1) is 5.56 Å². The summed E-state index contributed by atoms with van der Waals surface area (Å²) >= 11 is 0. The summed E-state index contributed by atoms with van der Waals surface area (Å²) in [5.41, 5.74) is 3.45. The van der Waals surface area contributed by atoms with Gasteiger partial charge in [-0.2, -0.15) is 0 Å². The molecule has 0 spiro atoms. The average molecular weight is 256 g/mol. The summed E-state index contributed by atoms with van der Waals surface area (Å²) in [5.74, 6) is -0.897. The van der Waals surface area contributed by atoms with E-state index in [0.29, 0.717) is 5.56 Å². The number of aryl methyl sites for hydroxylation is 1. The molecule has 0 bridgehead atoms. The number of benzene rings is 1. The fraction of sp³-hybridized carbons (Fsp3) is 0.200. The molecule has 98 valence electrons. The van der Waals surface area contributed by atoms with E-state index < -0.39 is 5.97 Å². The number of hydrogen-bond acceptors (Lipinski definition) is 3. The van der Waals surface area contributed by atoms with Crippen LogP contribution in [0.2, 0.25) is 0 Å². The van der Waals surface area contributed by atoms with Crippen LogP contribution in [0, 0.1) is 6.92 Å². The summed E-state index contributed by atoms with van der Waals surface area (Å²) in [5, 5.41) is 12.2. The second-order valence-corrected chi connectivity index (χ2v) is 4.37. The lowest BCUT2D eigenvalue weighted by atomic mass is 10.1. The molecule has 0 unspecified atom stereocenters. The molecule has 2 rings (SSSR count). The quantitative estimate of drug-likeness (QED) is 0.863. The standard InChI is InChI=1S/C15H16N2O2/c1-11-10-13(15(18)19)2-3-14(11)17-9-6-12-4-7-16-8-5-12/h2-5,7-8,10,17H,6,9H2,1H3,(H,18,19). The molecule has 0 saturated heterocycles. The fourth-order valence-electron chi connectivity index (χ4n) is 1.89. The highest BCUT2D eigenvalue weighted by Crippen LogP contribution is 2.16. The Bertz CT molecular complexity index is 568. The summed E-state index contributed by atoms with van der Waals surface area (Å²) in [4.78, 5) is 14.8. The zero-order valence-electron chi connectivity index (χ0n) is 10.8. The monoisotopic (exact) mass is 256 g/mol. The summed E-state index contributed by atoms with van der Waals surface area (Å²) in [6.45, 7) is 2.71. The molecule has 2 N–H and O–H groups in total. The SMILES string of the molecule is Cc1cc(C(=O)O)ccc1NCCc1ccncc1. The summed E-state index contributed by atoms with van der Waals surface area (Å²) < 4.78 is 0. The Hall–Kier alpha value is -2.36. The largest absolute Gasteiger partial charge is 0.478 e. The van der Waals surface area contributed by atoms with Crippen LogP contribution < -0.4 is 5.32 Å². The van der Waals surface area contributed by atoms with Gasteiger partial charge in [0.2, 0.25) is 0 Å². The van der Waals surface area contributed by atoms with Crippen molar-refractivity contribution >= 4 is 11.7 Å². The lowest BCUT2D eigenvalue weighted by Crippen LogP contribution is -2.07. The van der Waals surface area contributed by atoms with Gasteiger partial charge >= 0.3 is 5.97 Å². The van der Waals surface area contributed by atoms with Gasteiger partial charge in [-0.15, -0.1) is 0 Å². The molecule has 1 aromatic carbocycles. The molecule has 1 aromatic heterocycles. The van der Waals surface area contributed by atoms with E-state index in [9.17, 15) is 4.79 Å². The highest BCUT2D eigenvalue weighted by atomic mass is 16.4. The van der Waals surface area contributed by atoms with Crippen molar-refractivity contribution in [2.45, 2.75) is 13.3 Å². The lowest BCUT2D eigenvalue weighted by Gasteiger charge is -2.10. The molecule has 0 amide bonds. The Morgan fingerprint density at radius 2 is 2.00 bits per heavy atom. The minimum atomic E-state index is -0.897. The van der Waals surface area contributed by atoms with Crippen molar-refractivity contribution in [1.29, 1.82) is 0 Å². The van der Waals surface area contributed by atoms with Crippen LogP contribution in [0.25, 0.3) is 0 Å². The van der Waals surface area contributed by atoms with E-state index >= 15 is 0 Å². The van der Waals surface area contributed by atoms with E-state index in [1.54, 1.807) is 24.5 Å². The Balaban J connectivity index is 1.95. The minimum absolute atomic E-state index is 0.317. The van der Waals surface area contributed by atoms with Gasteiger partial charge in [-0.05, 0) is 54.8 Å². The van der Waals surface area contributed by atoms with Crippen LogP contribution in [0.3, 0.4) is 0 Å². The van der Waals surface area contributed by atoms with Gasteiger partial charge in [-0.1, -0.05) is 0 Å². The van der Waals surface area contributed by atoms with Crippen LogP contribution in [0.15, 0.2) is 42.7 Å². The number of nitrogens with zero attached hydrogens (tertiary/aromatic N) is 1. The molecular weight excluding hydrogens is 240 g/mol. The van der Waals surface area contributed by atoms with E-state index in [2.05, 4.69) is 10.3 Å². The molecule has 0 fully saturated rings. The van der Waals surface area contributed by atoms with Gasteiger partial charge in [0.15, 0.2) is 0 Å². The zero-order chi connectivity index (χ0) is 13.7. The predicted molar refractivity (Wildman–Crippen MR) is 74.6 cm³/mol. The van der Waals surface area contributed by atoms with Crippen molar-refractivity contribution in [1.82, 2.24) is 4.98 Å². The van der Waals surface area contributed by atoms with Crippen molar-refractivity contribution in [3.63, 3.8) is 0 Å². The molecule has 0 aliphatic carbocycles. The molecule has 4 heteroatoms. The molecule has 4 nitrogen and oxygen atoms in total. The van der Waals surface area contributed by atoms with E-state index in [1.807, 2.05) is 25.1 Å². The van der Waals surface area contributed by atoms with Crippen molar-refractivity contribution in [2.75, 3.05) is 11.9 Å². The first-order valence-corrected chi connectivity index (χ1v) is 6.13. The van der Waals surface area contributed by atoms with Gasteiger partial charge in [0.1, 0.15) is 0 Å². The van der Waals surface area contributed by atoms with E-state index in [0.717, 1.165) is 24.2 Å². The number of carboxylic acid groups (broad SMARTS) is 1. The normalized spacial score (nSPS) is 10.2. The maximum Gasteiger partial charge on any atom is 0.335 e. The van der Waals surface area contributed by atoms with Crippen LogP contribution in [-0.2, 0) is 6.42 Å². The average Bonchev–Trinajstić information content (AvgIpc) is 2.41. The zero-order valence-corrected chi connectivity index (χ0v) is 10.8. The number of rotatable bonds is 5. The van der Waals surface area contributed by atoms with E-state index in [4.69, 9.17) is 5.11 Å². The van der Waals surface area contributed by atoms with Crippen LogP contribution in [-0.4, -0.2) is 22.6 Å². The topological polar surface area (TPSA) is 62.2 Å². The third-order valence-electron chi connectivity index (χ3n) is 2.95.